The molecule has 152 valence electrons. The van der Waals surface area contributed by atoms with Crippen molar-refractivity contribution in [3.05, 3.63) is 111 Å². The second-order valence-corrected chi connectivity index (χ2v) is 6.85. The van der Waals surface area contributed by atoms with Crippen LogP contribution in [-0.2, 0) is 0 Å². The number of aromatic hydroxyl groups is 1. The van der Waals surface area contributed by atoms with Crippen LogP contribution in [0.1, 0.15) is 33.0 Å². The van der Waals surface area contributed by atoms with Crippen molar-refractivity contribution in [3.8, 4) is 17.6 Å². The van der Waals surface area contributed by atoms with Crippen LogP contribution in [0.15, 0.2) is 78.2 Å². The van der Waals surface area contributed by atoms with Crippen molar-refractivity contribution >= 4 is 11.5 Å². The quantitative estimate of drug-likeness (QED) is 0.377. The number of nitrogens with two attached hydrogens (primary N) is 1. The first-order valence-electron chi connectivity index (χ1n) is 9.20. The number of carbonyl (C=O) groups excluding carboxylic acids is 1. The summed E-state index contributed by atoms with van der Waals surface area (Å²) in [6.07, 6.45) is 0. The molecule has 0 aliphatic carbocycles. The maximum absolute atomic E-state index is 13.0. The highest BCUT2D eigenvalue weighted by Gasteiger charge is 2.35. The Kier molecular flexibility index (Phi) is 4.85. The maximum Gasteiger partial charge on any atom is 0.269 e. The summed E-state index contributed by atoms with van der Waals surface area (Å²) in [5, 5.41) is 32.0. The van der Waals surface area contributed by atoms with Crippen molar-refractivity contribution in [1.29, 1.82) is 5.26 Å². The van der Waals surface area contributed by atoms with Crippen LogP contribution in [0.25, 0.3) is 0 Å². The lowest BCUT2D eigenvalue weighted by molar-refractivity contribution is -0.384. The number of benzene rings is 3. The van der Waals surface area contributed by atoms with Crippen LogP contribution >= 0.6 is 0 Å². The topological polar surface area (TPSA) is 139 Å². The fourth-order valence-corrected chi connectivity index (χ4v) is 3.62. The zero-order chi connectivity index (χ0) is 22.1. The average Bonchev–Trinajstić information content (AvgIpc) is 2.78. The molecule has 1 aliphatic heterocycles. The van der Waals surface area contributed by atoms with Gasteiger partial charge in [0.05, 0.1) is 22.0 Å². The number of nitro groups is 1. The van der Waals surface area contributed by atoms with Crippen LogP contribution in [0.3, 0.4) is 0 Å². The normalized spacial score (nSPS) is 14.9. The molecule has 0 amide bonds. The molecular weight excluding hydrogens is 398 g/mol. The smallest absolute Gasteiger partial charge is 0.269 e. The van der Waals surface area contributed by atoms with Gasteiger partial charge in [0.2, 0.25) is 5.88 Å². The number of phenolic OH excluding ortho intramolecular Hbond substituents is 1. The SMILES string of the molecule is N#CC1=C(N)Oc2ccc(C(=O)c3ccccc3)c(O)c2C1c1cccc([N+](=O)[O-])c1. The highest BCUT2D eigenvalue weighted by Crippen LogP contribution is 2.48. The number of hydrogen-bond donors (Lipinski definition) is 2. The summed E-state index contributed by atoms with van der Waals surface area (Å²) in [5.41, 5.74) is 6.61. The van der Waals surface area contributed by atoms with Gasteiger partial charge in [-0.1, -0.05) is 42.5 Å². The standard InChI is InChI=1S/C23H15N3O5/c24-12-17-19(14-7-4-8-15(11-14)26(29)30)20-18(31-23(17)25)10-9-16(22(20)28)21(27)13-5-2-1-3-6-13/h1-11,19,28H,25H2. The molecule has 3 aromatic rings. The number of carbonyl (C=O) groups is 1. The highest BCUT2D eigenvalue weighted by molar-refractivity contribution is 6.11. The lowest BCUT2D eigenvalue weighted by Gasteiger charge is -2.27. The Labute approximate surface area is 176 Å². The average molecular weight is 413 g/mol. The number of nitrogens with zero attached hydrogens (tertiary/aromatic N) is 2. The van der Waals surface area contributed by atoms with E-state index in [-0.39, 0.29) is 39.8 Å². The fourth-order valence-electron chi connectivity index (χ4n) is 3.62. The number of non-ortho nitro benzene ring substituents is 1. The van der Waals surface area contributed by atoms with Crippen LogP contribution in [0.2, 0.25) is 0 Å². The Balaban J connectivity index is 1.93. The van der Waals surface area contributed by atoms with Gasteiger partial charge >= 0.3 is 0 Å². The summed E-state index contributed by atoms with van der Waals surface area (Å²) in [5.74, 6) is -1.75. The molecule has 0 saturated heterocycles. The number of hydrogen-bond acceptors (Lipinski definition) is 7. The number of nitriles is 1. The van der Waals surface area contributed by atoms with Gasteiger partial charge in [-0.15, -0.1) is 0 Å². The van der Waals surface area contributed by atoms with Crippen molar-refractivity contribution in [2.24, 2.45) is 5.73 Å². The Morgan fingerprint density at radius 3 is 2.55 bits per heavy atom. The molecule has 0 fully saturated rings. The Morgan fingerprint density at radius 1 is 1.13 bits per heavy atom. The zero-order valence-corrected chi connectivity index (χ0v) is 16.0. The van der Waals surface area contributed by atoms with Crippen LogP contribution in [0.4, 0.5) is 5.69 Å². The molecule has 0 radical (unpaired) electrons. The van der Waals surface area contributed by atoms with Gasteiger partial charge in [0.25, 0.3) is 5.69 Å². The second-order valence-electron chi connectivity index (χ2n) is 6.85. The van der Waals surface area contributed by atoms with Crippen LogP contribution in [-0.4, -0.2) is 15.8 Å². The lowest BCUT2D eigenvalue weighted by atomic mass is 9.81. The van der Waals surface area contributed by atoms with Gasteiger partial charge in [-0.3, -0.25) is 14.9 Å². The summed E-state index contributed by atoms with van der Waals surface area (Å²) in [4.78, 5) is 23.7. The number of fused-ring (bicyclic) bond motifs is 1. The third-order valence-corrected chi connectivity index (χ3v) is 5.06. The van der Waals surface area contributed by atoms with Crippen LogP contribution < -0.4 is 10.5 Å². The van der Waals surface area contributed by atoms with Crippen molar-refractivity contribution in [3.63, 3.8) is 0 Å². The van der Waals surface area contributed by atoms with Gasteiger partial charge < -0.3 is 15.6 Å². The van der Waals surface area contributed by atoms with Crippen LogP contribution in [0, 0.1) is 21.4 Å². The molecule has 1 atom stereocenters. The number of ether oxygens (including phenoxy) is 1. The Morgan fingerprint density at radius 2 is 1.87 bits per heavy atom. The summed E-state index contributed by atoms with van der Waals surface area (Å²) in [7, 11) is 0. The van der Waals surface area contributed by atoms with E-state index >= 15 is 0 Å². The first-order chi connectivity index (χ1) is 14.9. The molecule has 0 aromatic heterocycles. The fraction of sp³-hybridized carbons (Fsp3) is 0.0435. The van der Waals surface area contributed by atoms with Crippen molar-refractivity contribution in [2.45, 2.75) is 5.92 Å². The maximum atomic E-state index is 13.0. The number of ketones is 1. The van der Waals surface area contributed by atoms with Crippen molar-refractivity contribution in [2.75, 3.05) is 0 Å². The molecule has 1 unspecified atom stereocenters. The number of nitro benzene ring substituents is 1. The van der Waals surface area contributed by atoms with Gasteiger partial charge in [-0.05, 0) is 17.7 Å². The van der Waals surface area contributed by atoms with Gasteiger partial charge in [-0.25, -0.2) is 0 Å². The molecule has 8 nitrogen and oxygen atoms in total. The molecule has 3 N–H and O–H groups in total. The highest BCUT2D eigenvalue weighted by atomic mass is 16.6. The molecule has 31 heavy (non-hydrogen) atoms. The predicted molar refractivity (Wildman–Crippen MR) is 110 cm³/mol. The summed E-state index contributed by atoms with van der Waals surface area (Å²) < 4.78 is 5.52. The molecule has 4 rings (SSSR count). The molecule has 0 bridgehead atoms. The monoisotopic (exact) mass is 413 g/mol. The third-order valence-electron chi connectivity index (χ3n) is 5.06. The van der Waals surface area contributed by atoms with E-state index in [9.17, 15) is 25.3 Å². The Bertz CT molecular complexity index is 1290. The van der Waals surface area contributed by atoms with E-state index in [1.54, 1.807) is 36.4 Å². The summed E-state index contributed by atoms with van der Waals surface area (Å²) in [6.45, 7) is 0. The largest absolute Gasteiger partial charge is 0.507 e. The van der Waals surface area contributed by atoms with Gasteiger partial charge in [-0.2, -0.15) is 5.26 Å². The van der Waals surface area contributed by atoms with Gasteiger partial charge in [0.15, 0.2) is 5.78 Å². The molecular formula is C23H15N3O5. The van der Waals surface area contributed by atoms with E-state index in [0.29, 0.717) is 11.1 Å². The van der Waals surface area contributed by atoms with E-state index in [2.05, 4.69) is 0 Å². The second kappa shape index (κ2) is 7.65. The van der Waals surface area contributed by atoms with E-state index in [1.165, 1.54) is 30.3 Å². The summed E-state index contributed by atoms with van der Waals surface area (Å²) >= 11 is 0. The minimum absolute atomic E-state index is 0.0155. The molecule has 1 aliphatic rings. The van der Waals surface area contributed by atoms with E-state index in [0.717, 1.165) is 0 Å². The van der Waals surface area contributed by atoms with Crippen LogP contribution in [0.5, 0.6) is 11.5 Å². The first kappa shape index (κ1) is 19.7. The predicted octanol–water partition coefficient (Wildman–Crippen LogP) is 3.75. The molecule has 1 heterocycles. The lowest BCUT2D eigenvalue weighted by Crippen LogP contribution is -2.22. The minimum atomic E-state index is -0.947. The third kappa shape index (κ3) is 3.34. The van der Waals surface area contributed by atoms with Crippen molar-refractivity contribution < 1.29 is 19.6 Å². The number of phenols is 1. The van der Waals surface area contributed by atoms with Gasteiger partial charge in [0, 0.05) is 17.7 Å². The van der Waals surface area contributed by atoms with Gasteiger partial charge in [0.1, 0.15) is 23.1 Å². The minimum Gasteiger partial charge on any atom is -0.507 e. The number of allylic oxidation sites excluding steroid dienone is 1. The molecule has 0 spiro atoms. The molecule has 3 aromatic carbocycles. The van der Waals surface area contributed by atoms with Crippen molar-refractivity contribution in [1.82, 2.24) is 0 Å². The number of rotatable bonds is 4. The molecule has 0 saturated carbocycles. The first-order valence-corrected chi connectivity index (χ1v) is 9.20. The van der Waals surface area contributed by atoms with E-state index < -0.39 is 16.6 Å². The van der Waals surface area contributed by atoms with E-state index in [4.69, 9.17) is 10.5 Å². The zero-order valence-electron chi connectivity index (χ0n) is 16.0. The molecule has 8 heteroatoms. The summed E-state index contributed by atoms with van der Waals surface area (Å²) in [6, 6.07) is 19.0. The van der Waals surface area contributed by atoms with E-state index in [1.807, 2.05) is 6.07 Å². The Hall–Kier alpha value is -4.64.